The number of carbonyl (C=O) groups is 1. The predicted octanol–water partition coefficient (Wildman–Crippen LogP) is 4.58. The minimum absolute atomic E-state index is 0.00543. The first-order valence-corrected chi connectivity index (χ1v) is 11.9. The Morgan fingerprint density at radius 2 is 1.93 bits per heavy atom. The normalized spacial score (nSPS) is 52.2. The lowest BCUT2D eigenvalue weighted by molar-refractivity contribution is -0.141. The van der Waals surface area contributed by atoms with Crippen LogP contribution in [0.4, 0.5) is 0 Å². The largest absolute Gasteiger partial charge is 0.391 e. The van der Waals surface area contributed by atoms with Crippen molar-refractivity contribution in [2.45, 2.75) is 84.7 Å². The van der Waals surface area contributed by atoms with Gasteiger partial charge in [-0.1, -0.05) is 25.9 Å². The molecule has 1 saturated heterocycles. The average molecular weight is 387 g/mol. The number of carbonyl (C=O) groups excluding carboxylic acids is 1. The number of rotatable bonds is 2. The lowest BCUT2D eigenvalue weighted by atomic mass is 9.43. The number of oxime groups is 1. The number of fused-ring (bicyclic) bond motifs is 5. The number of ketones is 1. The van der Waals surface area contributed by atoms with E-state index in [1.165, 1.54) is 25.0 Å². The molecule has 0 aromatic rings. The van der Waals surface area contributed by atoms with Gasteiger partial charge < -0.3 is 10.2 Å². The molecule has 4 nitrogen and oxygen atoms in total. The van der Waals surface area contributed by atoms with Crippen LogP contribution in [0, 0.1) is 40.4 Å². The lowest BCUT2D eigenvalue weighted by Gasteiger charge is -2.61. The molecule has 28 heavy (non-hydrogen) atoms. The van der Waals surface area contributed by atoms with Gasteiger partial charge in [0, 0.05) is 24.8 Å². The van der Waals surface area contributed by atoms with Crippen LogP contribution in [0.5, 0.6) is 0 Å². The van der Waals surface area contributed by atoms with E-state index in [9.17, 15) is 4.79 Å². The third-order valence-electron chi connectivity index (χ3n) is 9.92. The number of nitrogens with zero attached hydrogens (tertiary/aromatic N) is 1. The maximum absolute atomic E-state index is 12.6. The fourth-order valence-corrected chi connectivity index (χ4v) is 8.25. The molecule has 1 heterocycles. The van der Waals surface area contributed by atoms with Crippen molar-refractivity contribution in [1.29, 1.82) is 0 Å². The quantitative estimate of drug-likeness (QED) is 0.707. The first-order valence-electron chi connectivity index (χ1n) is 11.9. The van der Waals surface area contributed by atoms with E-state index in [4.69, 9.17) is 4.84 Å². The minimum Gasteiger partial charge on any atom is -0.391 e. The SMILES string of the molecule is C[C@H]1C[C@@H]2[C@H](CC[C@]3(C)C(=O)CC[C@@H]23)[C@@]2(C)CC/C(=N\O[C@@H]3CCNC3)C[C@H]12. The molecule has 0 aromatic carbocycles. The molecule has 0 radical (unpaired) electrons. The first kappa shape index (κ1) is 19.1. The Labute approximate surface area is 170 Å². The summed E-state index contributed by atoms with van der Waals surface area (Å²) in [5.74, 6) is 4.23. The molecule has 0 unspecified atom stereocenters. The molecule has 0 bridgehead atoms. The van der Waals surface area contributed by atoms with Crippen LogP contribution >= 0.6 is 0 Å². The van der Waals surface area contributed by atoms with Gasteiger partial charge in [-0.25, -0.2) is 0 Å². The molecule has 0 aromatic heterocycles. The van der Waals surface area contributed by atoms with Gasteiger partial charge in [-0.05, 0) is 86.5 Å². The zero-order valence-corrected chi connectivity index (χ0v) is 18.0. The molecule has 5 fully saturated rings. The summed E-state index contributed by atoms with van der Waals surface area (Å²) < 4.78 is 0. The Balaban J connectivity index is 1.34. The van der Waals surface area contributed by atoms with Gasteiger partial charge in [0.2, 0.25) is 0 Å². The van der Waals surface area contributed by atoms with Crippen LogP contribution in [-0.4, -0.2) is 30.7 Å². The molecular formula is C24H38N2O2. The van der Waals surface area contributed by atoms with E-state index >= 15 is 0 Å². The van der Waals surface area contributed by atoms with Crippen molar-refractivity contribution in [3.05, 3.63) is 0 Å². The Morgan fingerprint density at radius 3 is 2.71 bits per heavy atom. The molecule has 0 spiro atoms. The summed E-state index contributed by atoms with van der Waals surface area (Å²) in [6.07, 6.45) is 10.5. The van der Waals surface area contributed by atoms with Crippen LogP contribution in [0.2, 0.25) is 0 Å². The van der Waals surface area contributed by atoms with E-state index in [-0.39, 0.29) is 11.5 Å². The van der Waals surface area contributed by atoms with E-state index in [0.29, 0.717) is 17.1 Å². The maximum Gasteiger partial charge on any atom is 0.141 e. The standard InChI is InChI=1S/C24H38N2O2/c1-15-12-18-19-4-5-22(27)24(19,3)10-7-20(18)23(2)9-6-16(13-21(15)23)26-28-17-8-11-25-14-17/h15,17-21,25H,4-14H2,1-3H3/b26-16+/t15-,17+,18-,19-,20-,21+,23+,24-/m0/s1. The van der Waals surface area contributed by atoms with Crippen molar-refractivity contribution in [2.24, 2.45) is 45.6 Å². The zero-order valence-electron chi connectivity index (χ0n) is 18.0. The van der Waals surface area contributed by atoms with Crippen LogP contribution in [0.1, 0.15) is 78.6 Å². The lowest BCUT2D eigenvalue weighted by Crippen LogP contribution is -2.56. The molecule has 156 valence electrons. The van der Waals surface area contributed by atoms with Gasteiger partial charge >= 0.3 is 0 Å². The minimum atomic E-state index is -0.00543. The zero-order chi connectivity index (χ0) is 19.5. The number of nitrogens with one attached hydrogen (secondary N) is 1. The van der Waals surface area contributed by atoms with E-state index in [0.717, 1.165) is 75.3 Å². The van der Waals surface area contributed by atoms with Crippen LogP contribution in [0.15, 0.2) is 5.16 Å². The van der Waals surface area contributed by atoms with Gasteiger partial charge in [0.05, 0.1) is 5.71 Å². The monoisotopic (exact) mass is 386 g/mol. The molecule has 4 heteroatoms. The average Bonchev–Trinajstić information content (AvgIpc) is 3.29. The third kappa shape index (κ3) is 2.80. The Morgan fingerprint density at radius 1 is 1.07 bits per heavy atom. The highest BCUT2D eigenvalue weighted by Crippen LogP contribution is 2.66. The summed E-state index contributed by atoms with van der Waals surface area (Å²) in [5.41, 5.74) is 1.72. The summed E-state index contributed by atoms with van der Waals surface area (Å²) in [6.45, 7) is 9.36. The van der Waals surface area contributed by atoms with Crippen molar-refractivity contribution < 1.29 is 9.63 Å². The number of hydrogen-bond donors (Lipinski definition) is 1. The second-order valence-electron chi connectivity index (χ2n) is 11.2. The van der Waals surface area contributed by atoms with Gasteiger partial charge in [0.1, 0.15) is 11.9 Å². The van der Waals surface area contributed by atoms with Gasteiger partial charge in [0.15, 0.2) is 0 Å². The van der Waals surface area contributed by atoms with Crippen molar-refractivity contribution in [1.82, 2.24) is 5.32 Å². The van der Waals surface area contributed by atoms with Gasteiger partial charge in [-0.2, -0.15) is 0 Å². The molecule has 1 N–H and O–H groups in total. The number of Topliss-reactive ketones (excluding diaryl/α,β-unsaturated/α-hetero) is 1. The number of hydrogen-bond acceptors (Lipinski definition) is 4. The highest BCUT2D eigenvalue weighted by molar-refractivity contribution is 5.87. The van der Waals surface area contributed by atoms with Gasteiger partial charge in [0.25, 0.3) is 0 Å². The van der Waals surface area contributed by atoms with Crippen LogP contribution < -0.4 is 5.32 Å². The molecular weight excluding hydrogens is 348 g/mol. The fraction of sp³-hybridized carbons (Fsp3) is 0.917. The van der Waals surface area contributed by atoms with E-state index in [1.807, 2.05) is 0 Å². The summed E-state index contributed by atoms with van der Waals surface area (Å²) in [5, 5.41) is 7.99. The smallest absolute Gasteiger partial charge is 0.141 e. The molecule has 5 aliphatic rings. The summed E-state index contributed by atoms with van der Waals surface area (Å²) in [7, 11) is 0. The Kier molecular flexibility index (Phi) is 4.65. The third-order valence-corrected chi connectivity index (χ3v) is 9.92. The van der Waals surface area contributed by atoms with E-state index < -0.39 is 0 Å². The van der Waals surface area contributed by atoms with E-state index in [1.54, 1.807) is 0 Å². The van der Waals surface area contributed by atoms with Crippen molar-refractivity contribution in [2.75, 3.05) is 13.1 Å². The molecule has 1 aliphatic heterocycles. The summed E-state index contributed by atoms with van der Waals surface area (Å²) >= 11 is 0. The first-order chi connectivity index (χ1) is 13.4. The molecule has 4 saturated carbocycles. The highest BCUT2D eigenvalue weighted by Gasteiger charge is 2.61. The molecule has 8 atom stereocenters. The van der Waals surface area contributed by atoms with Crippen molar-refractivity contribution in [3.8, 4) is 0 Å². The second kappa shape index (κ2) is 6.82. The Bertz CT molecular complexity index is 670. The second-order valence-corrected chi connectivity index (χ2v) is 11.2. The van der Waals surface area contributed by atoms with E-state index in [2.05, 4.69) is 31.2 Å². The van der Waals surface area contributed by atoms with Gasteiger partial charge in [-0.3, -0.25) is 4.79 Å². The topological polar surface area (TPSA) is 50.7 Å². The summed E-state index contributed by atoms with van der Waals surface area (Å²) in [4.78, 5) is 18.5. The van der Waals surface area contributed by atoms with Gasteiger partial charge in [-0.15, -0.1) is 0 Å². The Hall–Kier alpha value is -0.900. The maximum atomic E-state index is 12.6. The van der Waals surface area contributed by atoms with Crippen LogP contribution in [0.25, 0.3) is 0 Å². The predicted molar refractivity (Wildman–Crippen MR) is 111 cm³/mol. The van der Waals surface area contributed by atoms with Crippen LogP contribution in [-0.2, 0) is 9.63 Å². The van der Waals surface area contributed by atoms with Crippen molar-refractivity contribution in [3.63, 3.8) is 0 Å². The van der Waals surface area contributed by atoms with Crippen molar-refractivity contribution >= 4 is 11.5 Å². The molecule has 4 aliphatic carbocycles. The molecule has 5 rings (SSSR count). The van der Waals surface area contributed by atoms with Crippen LogP contribution in [0.3, 0.4) is 0 Å². The fourth-order valence-electron chi connectivity index (χ4n) is 8.25. The summed E-state index contributed by atoms with van der Waals surface area (Å²) in [6, 6.07) is 0. The molecule has 0 amide bonds. The highest BCUT2D eigenvalue weighted by atomic mass is 16.6.